The molecule has 1 atom stereocenters. The van der Waals surface area contributed by atoms with Crippen molar-refractivity contribution in [2.45, 2.75) is 78.9 Å². The van der Waals surface area contributed by atoms with Crippen LogP contribution >= 0.6 is 11.8 Å². The fourth-order valence-electron chi connectivity index (χ4n) is 3.16. The van der Waals surface area contributed by atoms with Crippen LogP contribution < -0.4 is 5.32 Å². The number of hydrogen-bond donors (Lipinski definition) is 1. The van der Waals surface area contributed by atoms with E-state index < -0.39 is 0 Å². The monoisotopic (exact) mass is 391 g/mol. The Balaban J connectivity index is 2.20. The summed E-state index contributed by atoms with van der Waals surface area (Å²) in [6.07, 6.45) is 4.34. The Bertz CT molecular complexity index is 807. The molecule has 150 valence electrons. The van der Waals surface area contributed by atoms with Crippen LogP contribution in [-0.4, -0.2) is 37.8 Å². The van der Waals surface area contributed by atoms with Crippen molar-refractivity contribution in [1.29, 1.82) is 0 Å². The number of nitrogens with zero attached hydrogens (tertiary/aromatic N) is 4. The van der Waals surface area contributed by atoms with Crippen LogP contribution in [0.5, 0.6) is 0 Å². The number of aromatic nitrogens is 4. The van der Waals surface area contributed by atoms with Crippen molar-refractivity contribution in [2.24, 2.45) is 11.3 Å². The van der Waals surface area contributed by atoms with E-state index in [4.69, 9.17) is 0 Å². The predicted molar refractivity (Wildman–Crippen MR) is 111 cm³/mol. The Hall–Kier alpha value is -1.63. The number of carbonyl (C=O) groups excluding carboxylic acids is 1. The van der Waals surface area contributed by atoms with E-state index in [0.717, 1.165) is 29.8 Å². The van der Waals surface area contributed by atoms with Gasteiger partial charge < -0.3 is 5.32 Å². The largest absolute Gasteiger partial charge is 0.353 e. The van der Waals surface area contributed by atoms with Gasteiger partial charge in [-0.25, -0.2) is 9.50 Å². The van der Waals surface area contributed by atoms with Crippen LogP contribution in [0.4, 0.5) is 0 Å². The third-order valence-corrected chi connectivity index (χ3v) is 5.50. The van der Waals surface area contributed by atoms with Crippen LogP contribution in [0, 0.1) is 25.2 Å². The summed E-state index contributed by atoms with van der Waals surface area (Å²) in [5, 5.41) is 8.41. The number of fused-ring (bicyclic) bond motifs is 1. The van der Waals surface area contributed by atoms with Crippen molar-refractivity contribution in [3.8, 4) is 0 Å². The molecule has 1 unspecified atom stereocenters. The van der Waals surface area contributed by atoms with Gasteiger partial charge in [0.2, 0.25) is 11.1 Å². The van der Waals surface area contributed by atoms with Gasteiger partial charge in [0.15, 0.2) is 0 Å². The van der Waals surface area contributed by atoms with Gasteiger partial charge in [-0.1, -0.05) is 46.4 Å². The minimum Gasteiger partial charge on any atom is -0.353 e. The average Bonchev–Trinajstić information content (AvgIpc) is 2.97. The fourth-order valence-corrected chi connectivity index (χ4v) is 3.50. The molecule has 0 aliphatic rings. The highest BCUT2D eigenvalue weighted by atomic mass is 32.2. The van der Waals surface area contributed by atoms with Crippen molar-refractivity contribution < 1.29 is 4.79 Å². The van der Waals surface area contributed by atoms with Crippen molar-refractivity contribution in [3.05, 3.63) is 17.0 Å². The highest BCUT2D eigenvalue weighted by Crippen LogP contribution is 2.25. The third-order valence-electron chi connectivity index (χ3n) is 4.96. The molecule has 0 saturated heterocycles. The molecule has 27 heavy (non-hydrogen) atoms. The number of carbonyl (C=O) groups is 1. The maximum atomic E-state index is 12.8. The molecule has 2 rings (SSSR count). The normalized spacial score (nSPS) is 13.4. The second kappa shape index (κ2) is 8.59. The van der Waals surface area contributed by atoms with E-state index in [0.29, 0.717) is 23.3 Å². The molecular weight excluding hydrogens is 358 g/mol. The molecule has 7 heteroatoms. The average molecular weight is 392 g/mol. The summed E-state index contributed by atoms with van der Waals surface area (Å²) in [6, 6.07) is 0.152. The smallest absolute Gasteiger partial charge is 0.253 e. The second-order valence-corrected chi connectivity index (χ2v) is 9.48. The predicted octanol–water partition coefficient (Wildman–Crippen LogP) is 3.97. The van der Waals surface area contributed by atoms with Crippen LogP contribution in [0.2, 0.25) is 0 Å². The van der Waals surface area contributed by atoms with Gasteiger partial charge in [-0.05, 0) is 44.3 Å². The third kappa shape index (κ3) is 5.43. The molecule has 0 bridgehead atoms. The molecule has 2 heterocycles. The zero-order valence-corrected chi connectivity index (χ0v) is 18.7. The molecule has 2 aromatic heterocycles. The maximum absolute atomic E-state index is 12.8. The molecule has 0 fully saturated rings. The lowest BCUT2D eigenvalue weighted by molar-refractivity contribution is -0.122. The minimum atomic E-state index is 0.0238. The second-order valence-electron chi connectivity index (χ2n) is 8.71. The highest BCUT2D eigenvalue weighted by molar-refractivity contribution is 7.98. The quantitative estimate of drug-likeness (QED) is 0.723. The molecule has 0 radical (unpaired) electrons. The number of amides is 1. The van der Waals surface area contributed by atoms with Gasteiger partial charge in [0, 0.05) is 23.0 Å². The topological polar surface area (TPSA) is 72.2 Å². The molecule has 1 amide bonds. The van der Waals surface area contributed by atoms with E-state index >= 15 is 0 Å². The molecule has 0 saturated carbocycles. The number of nitrogens with one attached hydrogen (secondary N) is 1. The lowest BCUT2D eigenvalue weighted by Crippen LogP contribution is -2.44. The van der Waals surface area contributed by atoms with E-state index in [1.165, 1.54) is 11.8 Å². The molecule has 2 aromatic rings. The van der Waals surface area contributed by atoms with Crippen LogP contribution in [0.25, 0.3) is 5.78 Å². The summed E-state index contributed by atoms with van der Waals surface area (Å²) in [7, 11) is 0. The van der Waals surface area contributed by atoms with Crippen LogP contribution in [0.3, 0.4) is 0 Å². The Labute approximate surface area is 166 Å². The SMILES string of the molecule is CSc1nc2nc(C)c(CC(=O)NC(CCC(C)C)C(C)(C)C)c(C)n2n1. The molecule has 0 aliphatic heterocycles. The van der Waals surface area contributed by atoms with Crippen LogP contribution in [-0.2, 0) is 11.2 Å². The first-order valence-corrected chi connectivity index (χ1v) is 10.8. The van der Waals surface area contributed by atoms with Crippen molar-refractivity contribution >= 4 is 23.4 Å². The molecular formula is C20H33N5OS. The van der Waals surface area contributed by atoms with Crippen molar-refractivity contribution in [1.82, 2.24) is 24.9 Å². The maximum Gasteiger partial charge on any atom is 0.253 e. The van der Waals surface area contributed by atoms with E-state index in [1.54, 1.807) is 4.52 Å². The van der Waals surface area contributed by atoms with Gasteiger partial charge in [-0.15, -0.1) is 5.10 Å². The zero-order chi connectivity index (χ0) is 20.4. The van der Waals surface area contributed by atoms with E-state index in [2.05, 4.69) is 55.0 Å². The minimum absolute atomic E-state index is 0.0238. The Morgan fingerprint density at radius 2 is 1.85 bits per heavy atom. The number of hydrogen-bond acceptors (Lipinski definition) is 5. The van der Waals surface area contributed by atoms with Gasteiger partial charge >= 0.3 is 0 Å². The summed E-state index contributed by atoms with van der Waals surface area (Å²) in [4.78, 5) is 21.8. The molecule has 0 aromatic carbocycles. The molecule has 6 nitrogen and oxygen atoms in total. The first kappa shape index (κ1) is 21.7. The number of thioether (sulfide) groups is 1. The van der Waals surface area contributed by atoms with Crippen molar-refractivity contribution in [2.75, 3.05) is 6.26 Å². The lowest BCUT2D eigenvalue weighted by Gasteiger charge is -2.32. The molecule has 1 N–H and O–H groups in total. The van der Waals surface area contributed by atoms with Gasteiger partial charge in [-0.2, -0.15) is 4.98 Å². The van der Waals surface area contributed by atoms with Gasteiger partial charge in [0.25, 0.3) is 5.78 Å². The van der Waals surface area contributed by atoms with Gasteiger partial charge in [0.1, 0.15) is 0 Å². The molecule has 0 aliphatic carbocycles. The van der Waals surface area contributed by atoms with E-state index in [-0.39, 0.29) is 17.4 Å². The van der Waals surface area contributed by atoms with Gasteiger partial charge in [-0.3, -0.25) is 4.79 Å². The molecule has 0 spiro atoms. The van der Waals surface area contributed by atoms with Crippen LogP contribution in [0.15, 0.2) is 5.16 Å². The number of rotatable bonds is 7. The van der Waals surface area contributed by atoms with E-state index in [9.17, 15) is 4.79 Å². The zero-order valence-electron chi connectivity index (χ0n) is 17.9. The summed E-state index contributed by atoms with van der Waals surface area (Å²) in [6.45, 7) is 14.9. The first-order chi connectivity index (χ1) is 12.5. The van der Waals surface area contributed by atoms with Gasteiger partial charge in [0.05, 0.1) is 6.42 Å². The Morgan fingerprint density at radius 1 is 1.19 bits per heavy atom. The fraction of sp³-hybridized carbons (Fsp3) is 0.700. The standard InChI is InChI=1S/C20H33N5OS/c1-12(2)9-10-16(20(5,6)7)22-17(26)11-15-13(3)21-18-23-19(27-8)24-25(18)14(15)4/h12,16H,9-11H2,1-8H3,(H,22,26). The summed E-state index contributed by atoms with van der Waals surface area (Å²) >= 11 is 1.49. The Kier molecular flexibility index (Phi) is 6.89. The lowest BCUT2D eigenvalue weighted by atomic mass is 9.82. The summed E-state index contributed by atoms with van der Waals surface area (Å²) < 4.78 is 1.74. The summed E-state index contributed by atoms with van der Waals surface area (Å²) in [5.41, 5.74) is 2.71. The van der Waals surface area contributed by atoms with E-state index in [1.807, 2.05) is 20.1 Å². The first-order valence-electron chi connectivity index (χ1n) is 9.59. The van der Waals surface area contributed by atoms with Crippen LogP contribution in [0.1, 0.15) is 64.4 Å². The van der Waals surface area contributed by atoms with Crippen molar-refractivity contribution in [3.63, 3.8) is 0 Å². The highest BCUT2D eigenvalue weighted by Gasteiger charge is 2.27. The number of aryl methyl sites for hydroxylation is 2. The Morgan fingerprint density at radius 3 is 2.41 bits per heavy atom. The summed E-state index contributed by atoms with van der Waals surface area (Å²) in [5.74, 6) is 1.25.